The third-order valence-corrected chi connectivity index (χ3v) is 3.15. The fourth-order valence-corrected chi connectivity index (χ4v) is 2.29. The Bertz CT molecular complexity index is 747. The molecular weight excluding hydrogens is 228 g/mol. The number of hydrogen-bond acceptors (Lipinski definition) is 3. The molecule has 0 atom stereocenters. The Morgan fingerprint density at radius 1 is 0.889 bits per heavy atom. The van der Waals surface area contributed by atoms with E-state index >= 15 is 0 Å². The molecule has 90 valence electrons. The lowest BCUT2D eigenvalue weighted by atomic mass is 10.0. The zero-order valence-corrected chi connectivity index (χ0v) is 9.84. The number of methoxy groups -OCH3 is 1. The summed E-state index contributed by atoms with van der Waals surface area (Å²) < 4.78 is 5.44. The van der Waals surface area contributed by atoms with Crippen LogP contribution in [0, 0.1) is 0 Å². The molecule has 0 fully saturated rings. The van der Waals surface area contributed by atoms with Crippen molar-refractivity contribution in [2.24, 2.45) is 0 Å². The molecule has 0 heterocycles. The van der Waals surface area contributed by atoms with Gasteiger partial charge in [-0.15, -0.1) is 0 Å². The summed E-state index contributed by atoms with van der Waals surface area (Å²) >= 11 is 0. The molecule has 0 saturated carbocycles. The number of aromatic hydroxyl groups is 2. The molecule has 0 radical (unpaired) electrons. The first-order valence-corrected chi connectivity index (χ1v) is 5.62. The standard InChI is InChI=1S/C15H12O3/c1-18-15-10-5-3-2-4-9(10)8-12-11(15)6-7-13(16)14(12)17/h2-8,16-17H,1H3. The lowest BCUT2D eigenvalue weighted by Crippen LogP contribution is -1.88. The van der Waals surface area contributed by atoms with Crippen LogP contribution in [0.25, 0.3) is 21.5 Å². The first kappa shape index (κ1) is 10.7. The zero-order valence-electron chi connectivity index (χ0n) is 9.84. The van der Waals surface area contributed by atoms with Crippen molar-refractivity contribution in [1.82, 2.24) is 0 Å². The first-order valence-electron chi connectivity index (χ1n) is 5.62. The maximum atomic E-state index is 9.93. The van der Waals surface area contributed by atoms with E-state index in [-0.39, 0.29) is 11.5 Å². The summed E-state index contributed by atoms with van der Waals surface area (Å²) in [5.41, 5.74) is 0. The highest BCUT2D eigenvalue weighted by Gasteiger charge is 2.12. The Balaban J connectivity index is 2.58. The van der Waals surface area contributed by atoms with Crippen LogP contribution in [0.3, 0.4) is 0 Å². The molecule has 0 aliphatic rings. The summed E-state index contributed by atoms with van der Waals surface area (Å²) in [5, 5.41) is 22.8. The van der Waals surface area contributed by atoms with Crippen LogP contribution < -0.4 is 4.74 Å². The van der Waals surface area contributed by atoms with Gasteiger partial charge < -0.3 is 14.9 Å². The maximum Gasteiger partial charge on any atom is 0.165 e. The Morgan fingerprint density at radius 2 is 1.67 bits per heavy atom. The van der Waals surface area contributed by atoms with E-state index in [0.29, 0.717) is 11.1 Å². The molecule has 3 rings (SSSR count). The van der Waals surface area contributed by atoms with E-state index in [9.17, 15) is 10.2 Å². The third kappa shape index (κ3) is 1.37. The van der Waals surface area contributed by atoms with Crippen molar-refractivity contribution in [2.45, 2.75) is 0 Å². The fourth-order valence-electron chi connectivity index (χ4n) is 2.29. The van der Waals surface area contributed by atoms with Crippen LogP contribution in [-0.4, -0.2) is 17.3 Å². The van der Waals surface area contributed by atoms with Crippen molar-refractivity contribution >= 4 is 21.5 Å². The average Bonchev–Trinajstić information content (AvgIpc) is 2.41. The topological polar surface area (TPSA) is 49.7 Å². The molecule has 0 spiro atoms. The number of phenolic OH excluding ortho intramolecular Hbond substituents is 2. The summed E-state index contributed by atoms with van der Waals surface area (Å²) in [7, 11) is 1.60. The molecule has 18 heavy (non-hydrogen) atoms. The van der Waals surface area contributed by atoms with E-state index < -0.39 is 0 Å². The molecule has 3 aromatic carbocycles. The van der Waals surface area contributed by atoms with Gasteiger partial charge in [0.05, 0.1) is 7.11 Å². The first-order chi connectivity index (χ1) is 8.72. The van der Waals surface area contributed by atoms with Crippen molar-refractivity contribution in [3.8, 4) is 17.2 Å². The van der Waals surface area contributed by atoms with Gasteiger partial charge in [0.15, 0.2) is 11.5 Å². The minimum atomic E-state index is -0.125. The van der Waals surface area contributed by atoms with Crippen molar-refractivity contribution < 1.29 is 14.9 Å². The predicted molar refractivity (Wildman–Crippen MR) is 71.3 cm³/mol. The minimum Gasteiger partial charge on any atom is -0.504 e. The van der Waals surface area contributed by atoms with Gasteiger partial charge in [-0.3, -0.25) is 0 Å². The molecule has 0 unspecified atom stereocenters. The lowest BCUT2D eigenvalue weighted by molar-refractivity contribution is 0.407. The van der Waals surface area contributed by atoms with Gasteiger partial charge in [0.25, 0.3) is 0 Å². The van der Waals surface area contributed by atoms with Gasteiger partial charge in [-0.1, -0.05) is 24.3 Å². The normalized spacial score (nSPS) is 10.9. The van der Waals surface area contributed by atoms with Gasteiger partial charge in [-0.05, 0) is 23.6 Å². The van der Waals surface area contributed by atoms with E-state index in [1.54, 1.807) is 13.2 Å². The number of rotatable bonds is 1. The van der Waals surface area contributed by atoms with Crippen molar-refractivity contribution in [1.29, 1.82) is 0 Å². The second-order valence-corrected chi connectivity index (χ2v) is 4.16. The van der Waals surface area contributed by atoms with Gasteiger partial charge in [0.1, 0.15) is 5.75 Å². The van der Waals surface area contributed by atoms with Crippen LogP contribution >= 0.6 is 0 Å². The molecular formula is C15H12O3. The predicted octanol–water partition coefficient (Wildman–Crippen LogP) is 3.41. The van der Waals surface area contributed by atoms with E-state index in [1.165, 1.54) is 6.07 Å². The summed E-state index contributed by atoms with van der Waals surface area (Å²) in [4.78, 5) is 0. The summed E-state index contributed by atoms with van der Waals surface area (Å²) in [6.07, 6.45) is 0. The quantitative estimate of drug-likeness (QED) is 0.506. The van der Waals surface area contributed by atoms with E-state index in [1.807, 2.05) is 30.3 Å². The summed E-state index contributed by atoms with van der Waals surface area (Å²) in [5.74, 6) is 0.467. The highest BCUT2D eigenvalue weighted by Crippen LogP contribution is 2.41. The van der Waals surface area contributed by atoms with Crippen LogP contribution in [-0.2, 0) is 0 Å². The molecule has 0 saturated heterocycles. The summed E-state index contributed by atoms with van der Waals surface area (Å²) in [6, 6.07) is 12.8. The lowest BCUT2D eigenvalue weighted by Gasteiger charge is -2.11. The molecule has 0 aliphatic carbocycles. The largest absolute Gasteiger partial charge is 0.504 e. The van der Waals surface area contributed by atoms with Gasteiger partial charge >= 0.3 is 0 Å². The van der Waals surface area contributed by atoms with Crippen LogP contribution in [0.5, 0.6) is 17.2 Å². The third-order valence-electron chi connectivity index (χ3n) is 3.15. The molecule has 0 aliphatic heterocycles. The Hall–Kier alpha value is -2.42. The van der Waals surface area contributed by atoms with Gasteiger partial charge in [0, 0.05) is 16.2 Å². The highest BCUT2D eigenvalue weighted by molar-refractivity contribution is 6.07. The average molecular weight is 240 g/mol. The molecule has 3 aromatic rings. The van der Waals surface area contributed by atoms with Crippen molar-refractivity contribution in [2.75, 3.05) is 7.11 Å². The van der Waals surface area contributed by atoms with Crippen molar-refractivity contribution in [3.05, 3.63) is 42.5 Å². The SMILES string of the molecule is COc1c2ccccc2cc2c(O)c(O)ccc12. The van der Waals surface area contributed by atoms with E-state index in [0.717, 1.165) is 16.2 Å². The second kappa shape index (κ2) is 3.81. The Labute approximate surface area is 104 Å². The van der Waals surface area contributed by atoms with E-state index in [2.05, 4.69) is 0 Å². The Morgan fingerprint density at radius 3 is 2.44 bits per heavy atom. The van der Waals surface area contributed by atoms with Gasteiger partial charge in [0.2, 0.25) is 0 Å². The maximum absolute atomic E-state index is 9.93. The van der Waals surface area contributed by atoms with Crippen LogP contribution in [0.1, 0.15) is 0 Å². The van der Waals surface area contributed by atoms with Crippen LogP contribution in [0.15, 0.2) is 42.5 Å². The van der Waals surface area contributed by atoms with Crippen LogP contribution in [0.4, 0.5) is 0 Å². The molecule has 0 aromatic heterocycles. The van der Waals surface area contributed by atoms with Gasteiger partial charge in [-0.25, -0.2) is 0 Å². The number of ether oxygens (including phenoxy) is 1. The minimum absolute atomic E-state index is 0.114. The monoisotopic (exact) mass is 240 g/mol. The summed E-state index contributed by atoms with van der Waals surface area (Å²) in [6.45, 7) is 0. The van der Waals surface area contributed by atoms with Crippen molar-refractivity contribution in [3.63, 3.8) is 0 Å². The van der Waals surface area contributed by atoms with E-state index in [4.69, 9.17) is 4.74 Å². The Kier molecular flexibility index (Phi) is 2.27. The fraction of sp³-hybridized carbons (Fsp3) is 0.0667. The molecule has 3 heteroatoms. The van der Waals surface area contributed by atoms with Gasteiger partial charge in [-0.2, -0.15) is 0 Å². The second-order valence-electron chi connectivity index (χ2n) is 4.16. The zero-order chi connectivity index (χ0) is 12.7. The smallest absolute Gasteiger partial charge is 0.165 e. The highest BCUT2D eigenvalue weighted by atomic mass is 16.5. The number of fused-ring (bicyclic) bond motifs is 2. The number of hydrogen-bond donors (Lipinski definition) is 2. The molecule has 2 N–H and O–H groups in total. The number of phenols is 2. The van der Waals surface area contributed by atoms with Crippen LogP contribution in [0.2, 0.25) is 0 Å². The molecule has 3 nitrogen and oxygen atoms in total. The molecule has 0 amide bonds. The molecule has 0 bridgehead atoms. The number of benzene rings is 3.